The van der Waals surface area contributed by atoms with Gasteiger partial charge in [-0.05, 0) is 25.8 Å². The number of hydrogen-bond acceptors (Lipinski definition) is 4. The predicted molar refractivity (Wildman–Crippen MR) is 61.9 cm³/mol. The fourth-order valence-electron chi connectivity index (χ4n) is 1.74. The summed E-state index contributed by atoms with van der Waals surface area (Å²) in [5.41, 5.74) is 0.0261. The Morgan fingerprint density at radius 1 is 1.62 bits per heavy atom. The highest BCUT2D eigenvalue weighted by Crippen LogP contribution is 2.35. The third kappa shape index (κ3) is 2.09. The van der Waals surface area contributed by atoms with Gasteiger partial charge in [-0.3, -0.25) is 10.1 Å². The number of nitrogens with zero attached hydrogens (tertiary/aromatic N) is 3. The van der Waals surface area contributed by atoms with Gasteiger partial charge < -0.3 is 4.90 Å². The van der Waals surface area contributed by atoms with E-state index in [2.05, 4.69) is 4.98 Å². The first kappa shape index (κ1) is 11.1. The van der Waals surface area contributed by atoms with Gasteiger partial charge in [0.05, 0.1) is 4.92 Å². The highest BCUT2D eigenvalue weighted by Gasteiger charge is 2.33. The standard InChI is InChI=1S/C10H12ClN3O2/c1-2-13(7-3-4-7)10-8(14(15)16)5-6-9(11)12-10/h5-7H,2-4H2,1H3. The van der Waals surface area contributed by atoms with Gasteiger partial charge in [0.1, 0.15) is 5.15 Å². The number of anilines is 1. The highest BCUT2D eigenvalue weighted by molar-refractivity contribution is 6.29. The number of aromatic nitrogens is 1. The molecule has 0 amide bonds. The molecule has 1 aromatic heterocycles. The van der Waals surface area contributed by atoms with E-state index in [1.165, 1.54) is 12.1 Å². The van der Waals surface area contributed by atoms with Crippen molar-refractivity contribution in [3.63, 3.8) is 0 Å². The van der Waals surface area contributed by atoms with Crippen molar-refractivity contribution in [2.24, 2.45) is 0 Å². The average molecular weight is 242 g/mol. The Labute approximate surface area is 98.2 Å². The summed E-state index contributed by atoms with van der Waals surface area (Å²) in [6.07, 6.45) is 2.14. The molecule has 1 heterocycles. The van der Waals surface area contributed by atoms with Crippen LogP contribution in [0.5, 0.6) is 0 Å². The Morgan fingerprint density at radius 3 is 2.81 bits per heavy atom. The summed E-state index contributed by atoms with van der Waals surface area (Å²) in [5.74, 6) is 0.391. The van der Waals surface area contributed by atoms with E-state index in [1.54, 1.807) is 0 Å². The van der Waals surface area contributed by atoms with Gasteiger partial charge in [0.15, 0.2) is 0 Å². The Morgan fingerprint density at radius 2 is 2.31 bits per heavy atom. The maximum atomic E-state index is 10.9. The first-order valence-corrected chi connectivity index (χ1v) is 5.59. The van der Waals surface area contributed by atoms with Crippen LogP contribution in [0.1, 0.15) is 19.8 Å². The normalized spacial score (nSPS) is 14.9. The summed E-state index contributed by atoms with van der Waals surface area (Å²) in [7, 11) is 0. The van der Waals surface area contributed by atoms with Crippen molar-refractivity contribution >= 4 is 23.1 Å². The molecule has 0 saturated heterocycles. The first-order chi connectivity index (χ1) is 7.63. The monoisotopic (exact) mass is 241 g/mol. The molecule has 2 rings (SSSR count). The zero-order valence-electron chi connectivity index (χ0n) is 8.89. The number of hydrogen-bond donors (Lipinski definition) is 0. The van der Waals surface area contributed by atoms with Crippen molar-refractivity contribution in [2.75, 3.05) is 11.4 Å². The summed E-state index contributed by atoms with van der Waals surface area (Å²) >= 11 is 5.79. The van der Waals surface area contributed by atoms with Gasteiger partial charge in [0, 0.05) is 18.7 Å². The largest absolute Gasteiger partial charge is 0.348 e. The topological polar surface area (TPSA) is 59.3 Å². The second-order valence-corrected chi connectivity index (χ2v) is 4.14. The highest BCUT2D eigenvalue weighted by atomic mass is 35.5. The molecule has 0 N–H and O–H groups in total. The molecule has 1 saturated carbocycles. The van der Waals surface area contributed by atoms with E-state index in [1.807, 2.05) is 11.8 Å². The molecule has 86 valence electrons. The van der Waals surface area contributed by atoms with E-state index < -0.39 is 4.92 Å². The molecule has 0 aliphatic heterocycles. The van der Waals surface area contributed by atoms with Crippen LogP contribution in [0.25, 0.3) is 0 Å². The van der Waals surface area contributed by atoms with E-state index in [9.17, 15) is 10.1 Å². The zero-order valence-corrected chi connectivity index (χ0v) is 9.65. The predicted octanol–water partition coefficient (Wildman–Crippen LogP) is 2.63. The molecule has 16 heavy (non-hydrogen) atoms. The van der Waals surface area contributed by atoms with Crippen LogP contribution in [0.15, 0.2) is 12.1 Å². The van der Waals surface area contributed by atoms with Crippen molar-refractivity contribution < 1.29 is 4.92 Å². The third-order valence-corrected chi connectivity index (χ3v) is 2.83. The van der Waals surface area contributed by atoms with Crippen molar-refractivity contribution in [1.29, 1.82) is 0 Å². The first-order valence-electron chi connectivity index (χ1n) is 5.21. The zero-order chi connectivity index (χ0) is 11.7. The minimum Gasteiger partial charge on any atom is -0.348 e. The van der Waals surface area contributed by atoms with Crippen LogP contribution >= 0.6 is 11.6 Å². The number of rotatable bonds is 4. The molecular weight excluding hydrogens is 230 g/mol. The molecule has 0 bridgehead atoms. The van der Waals surface area contributed by atoms with Gasteiger partial charge in [-0.2, -0.15) is 0 Å². The van der Waals surface area contributed by atoms with E-state index >= 15 is 0 Å². The van der Waals surface area contributed by atoms with Crippen LogP contribution in [0.2, 0.25) is 5.15 Å². The van der Waals surface area contributed by atoms with Crippen LogP contribution < -0.4 is 4.90 Å². The fourth-order valence-corrected chi connectivity index (χ4v) is 1.88. The smallest absolute Gasteiger partial charge is 0.311 e. The van der Waals surface area contributed by atoms with Gasteiger partial charge in [-0.15, -0.1) is 0 Å². The molecule has 6 heteroatoms. The maximum absolute atomic E-state index is 10.9. The minimum absolute atomic E-state index is 0.0261. The van der Waals surface area contributed by atoms with Crippen LogP contribution in [-0.4, -0.2) is 22.5 Å². The molecule has 0 radical (unpaired) electrons. The molecule has 1 aromatic rings. The minimum atomic E-state index is -0.413. The fraction of sp³-hybridized carbons (Fsp3) is 0.500. The lowest BCUT2D eigenvalue weighted by Crippen LogP contribution is -2.26. The number of pyridine rings is 1. The molecule has 1 aliphatic rings. The van der Waals surface area contributed by atoms with Gasteiger partial charge in [-0.1, -0.05) is 11.6 Å². The quantitative estimate of drug-likeness (QED) is 0.462. The molecule has 5 nitrogen and oxygen atoms in total. The van der Waals surface area contributed by atoms with E-state index in [0.29, 0.717) is 23.6 Å². The average Bonchev–Trinajstić information content (AvgIpc) is 3.03. The molecule has 0 spiro atoms. The molecule has 0 unspecified atom stereocenters. The number of nitro groups is 1. The van der Waals surface area contributed by atoms with Gasteiger partial charge in [0.25, 0.3) is 0 Å². The maximum Gasteiger partial charge on any atom is 0.311 e. The van der Waals surface area contributed by atoms with Gasteiger partial charge in [-0.25, -0.2) is 4.98 Å². The van der Waals surface area contributed by atoms with Crippen LogP contribution in [0, 0.1) is 10.1 Å². The van der Waals surface area contributed by atoms with E-state index in [0.717, 1.165) is 12.8 Å². The second-order valence-electron chi connectivity index (χ2n) is 3.75. The van der Waals surface area contributed by atoms with Gasteiger partial charge in [0.2, 0.25) is 5.82 Å². The van der Waals surface area contributed by atoms with Crippen LogP contribution in [-0.2, 0) is 0 Å². The lowest BCUT2D eigenvalue weighted by atomic mass is 10.3. The summed E-state index contributed by atoms with van der Waals surface area (Å²) in [6, 6.07) is 3.24. The van der Waals surface area contributed by atoms with Crippen LogP contribution in [0.3, 0.4) is 0 Å². The Bertz CT molecular complexity index is 421. The molecule has 0 atom stereocenters. The summed E-state index contributed by atoms with van der Waals surface area (Å²) in [5, 5.41) is 11.2. The molecule has 1 aliphatic carbocycles. The summed E-state index contributed by atoms with van der Waals surface area (Å²) < 4.78 is 0. The van der Waals surface area contributed by atoms with E-state index in [4.69, 9.17) is 11.6 Å². The lowest BCUT2D eigenvalue weighted by Gasteiger charge is -2.20. The molecule has 0 aromatic carbocycles. The van der Waals surface area contributed by atoms with Gasteiger partial charge >= 0.3 is 5.69 Å². The Balaban J connectivity index is 2.42. The van der Waals surface area contributed by atoms with Crippen molar-refractivity contribution in [1.82, 2.24) is 4.98 Å². The SMILES string of the molecule is CCN(c1nc(Cl)ccc1[N+](=O)[O-])C1CC1. The van der Waals surface area contributed by atoms with E-state index in [-0.39, 0.29) is 5.69 Å². The van der Waals surface area contributed by atoms with Crippen molar-refractivity contribution in [3.8, 4) is 0 Å². The Hall–Kier alpha value is -1.36. The Kier molecular flexibility index (Phi) is 2.96. The third-order valence-electron chi connectivity index (χ3n) is 2.62. The van der Waals surface area contributed by atoms with Crippen molar-refractivity contribution in [2.45, 2.75) is 25.8 Å². The second kappa shape index (κ2) is 4.25. The summed E-state index contributed by atoms with van der Waals surface area (Å²) in [6.45, 7) is 2.67. The molecular formula is C10H12ClN3O2. The summed E-state index contributed by atoms with van der Waals surface area (Å²) in [4.78, 5) is 16.5. The lowest BCUT2D eigenvalue weighted by molar-refractivity contribution is -0.384. The molecule has 1 fully saturated rings. The van der Waals surface area contributed by atoms with Crippen molar-refractivity contribution in [3.05, 3.63) is 27.4 Å². The number of halogens is 1. The van der Waals surface area contributed by atoms with Crippen LogP contribution in [0.4, 0.5) is 11.5 Å².